The second kappa shape index (κ2) is 11.5. The number of nitrogens with zero attached hydrogens (tertiary/aromatic N) is 1. The largest absolute Gasteiger partial charge is 0.372 e. The third kappa shape index (κ3) is 6.58. The zero-order valence-corrected chi connectivity index (χ0v) is 15.6. The van der Waals surface area contributed by atoms with Crippen LogP contribution < -0.4 is 15.5 Å². The summed E-state index contributed by atoms with van der Waals surface area (Å²) in [6.45, 7) is 8.33. The first kappa shape index (κ1) is 22.0. The van der Waals surface area contributed by atoms with Crippen LogP contribution in [0.5, 0.6) is 0 Å². The number of anilines is 1. The zero-order valence-electron chi connectivity index (χ0n) is 14.0. The van der Waals surface area contributed by atoms with Crippen molar-refractivity contribution < 1.29 is 4.79 Å². The van der Waals surface area contributed by atoms with Gasteiger partial charge < -0.3 is 15.5 Å². The average Bonchev–Trinajstić information content (AvgIpc) is 2.54. The first-order valence-electron chi connectivity index (χ1n) is 8.11. The molecule has 0 aliphatic carbocycles. The van der Waals surface area contributed by atoms with E-state index in [2.05, 4.69) is 29.4 Å². The Morgan fingerprint density at radius 3 is 2.48 bits per heavy atom. The number of nitrogens with one attached hydrogen (secondary N) is 2. The summed E-state index contributed by atoms with van der Waals surface area (Å²) in [5.74, 6) is 0.0359. The number of carbonyl (C=O) groups excluding carboxylic acids is 1. The van der Waals surface area contributed by atoms with E-state index in [4.69, 9.17) is 0 Å². The molecule has 1 aromatic rings. The first-order valence-corrected chi connectivity index (χ1v) is 8.11. The number of halogens is 2. The van der Waals surface area contributed by atoms with Crippen molar-refractivity contribution in [3.8, 4) is 0 Å². The standard InChI is InChI=1S/C17H27N3O.2ClH/c1-3-12-20(4-2)16-9-7-14(8-10-16)17(21)19-15-6-5-11-18-13-15;;/h7-10,15,18H,3-6,11-13H2,1-2H3,(H,19,21);2*1H. The maximum absolute atomic E-state index is 12.2. The highest BCUT2D eigenvalue weighted by atomic mass is 35.5. The van der Waals surface area contributed by atoms with E-state index in [1.165, 1.54) is 5.69 Å². The molecule has 1 unspecified atom stereocenters. The Kier molecular flexibility index (Phi) is 11.1. The average molecular weight is 362 g/mol. The molecule has 1 amide bonds. The van der Waals surface area contributed by atoms with Crippen LogP contribution in [0.15, 0.2) is 24.3 Å². The maximum atomic E-state index is 12.2. The van der Waals surface area contributed by atoms with Crippen molar-refractivity contribution in [2.75, 3.05) is 31.1 Å². The van der Waals surface area contributed by atoms with E-state index in [0.717, 1.165) is 51.0 Å². The smallest absolute Gasteiger partial charge is 0.251 e. The molecule has 6 heteroatoms. The molecule has 23 heavy (non-hydrogen) atoms. The third-order valence-corrected chi connectivity index (χ3v) is 4.00. The van der Waals surface area contributed by atoms with Crippen LogP contribution in [0.4, 0.5) is 5.69 Å². The minimum Gasteiger partial charge on any atom is -0.372 e. The lowest BCUT2D eigenvalue weighted by Gasteiger charge is -2.24. The predicted molar refractivity (Wildman–Crippen MR) is 102 cm³/mol. The number of rotatable bonds is 6. The second-order valence-electron chi connectivity index (χ2n) is 5.64. The van der Waals surface area contributed by atoms with Crippen LogP contribution in [0.3, 0.4) is 0 Å². The fraction of sp³-hybridized carbons (Fsp3) is 0.588. The summed E-state index contributed by atoms with van der Waals surface area (Å²) in [5.41, 5.74) is 1.94. The third-order valence-electron chi connectivity index (χ3n) is 4.00. The van der Waals surface area contributed by atoms with Gasteiger partial charge in [-0.25, -0.2) is 0 Å². The molecule has 4 nitrogen and oxygen atoms in total. The zero-order chi connectivity index (χ0) is 15.1. The van der Waals surface area contributed by atoms with Crippen molar-refractivity contribution in [3.63, 3.8) is 0 Å². The highest BCUT2D eigenvalue weighted by Gasteiger charge is 2.16. The molecule has 1 fully saturated rings. The summed E-state index contributed by atoms with van der Waals surface area (Å²) < 4.78 is 0. The molecule has 1 heterocycles. The Morgan fingerprint density at radius 2 is 1.96 bits per heavy atom. The summed E-state index contributed by atoms with van der Waals surface area (Å²) in [7, 11) is 0. The van der Waals surface area contributed by atoms with Gasteiger partial charge in [-0.15, -0.1) is 24.8 Å². The molecule has 2 N–H and O–H groups in total. The normalized spacial score (nSPS) is 16.7. The Balaban J connectivity index is 0.00000242. The van der Waals surface area contributed by atoms with Crippen LogP contribution >= 0.6 is 24.8 Å². The molecular formula is C17H29Cl2N3O. The van der Waals surface area contributed by atoms with E-state index in [9.17, 15) is 4.79 Å². The van der Waals surface area contributed by atoms with E-state index < -0.39 is 0 Å². The monoisotopic (exact) mass is 361 g/mol. The van der Waals surface area contributed by atoms with Crippen LogP contribution in [-0.4, -0.2) is 38.1 Å². The predicted octanol–water partition coefficient (Wildman–Crippen LogP) is 3.25. The molecule has 0 radical (unpaired) electrons. The molecular weight excluding hydrogens is 333 g/mol. The van der Waals surface area contributed by atoms with Gasteiger partial charge in [0.15, 0.2) is 0 Å². The van der Waals surface area contributed by atoms with Gasteiger partial charge in [-0.1, -0.05) is 6.92 Å². The van der Waals surface area contributed by atoms with E-state index >= 15 is 0 Å². The van der Waals surface area contributed by atoms with E-state index in [1.807, 2.05) is 24.3 Å². The highest BCUT2D eigenvalue weighted by Crippen LogP contribution is 2.16. The number of amides is 1. The van der Waals surface area contributed by atoms with Crippen LogP contribution in [0.2, 0.25) is 0 Å². The maximum Gasteiger partial charge on any atom is 0.251 e. The van der Waals surface area contributed by atoms with Crippen molar-refractivity contribution in [2.45, 2.75) is 39.2 Å². The molecule has 0 saturated carbocycles. The molecule has 1 aliphatic rings. The Morgan fingerprint density at radius 1 is 1.26 bits per heavy atom. The SMILES string of the molecule is CCCN(CC)c1ccc(C(=O)NC2CCCNC2)cc1.Cl.Cl. The number of hydrogen-bond acceptors (Lipinski definition) is 3. The Bertz CT molecular complexity index is 448. The number of benzene rings is 1. The van der Waals surface area contributed by atoms with E-state index in [-0.39, 0.29) is 36.8 Å². The van der Waals surface area contributed by atoms with Crippen LogP contribution in [0.1, 0.15) is 43.5 Å². The van der Waals surface area contributed by atoms with Crippen molar-refractivity contribution in [3.05, 3.63) is 29.8 Å². The number of piperidine rings is 1. The van der Waals surface area contributed by atoms with E-state index in [0.29, 0.717) is 0 Å². The van der Waals surface area contributed by atoms with Crippen LogP contribution in [0, 0.1) is 0 Å². The summed E-state index contributed by atoms with van der Waals surface area (Å²) in [6, 6.07) is 8.22. The van der Waals surface area contributed by atoms with Gasteiger partial charge in [0.25, 0.3) is 5.91 Å². The van der Waals surface area contributed by atoms with Crippen molar-refractivity contribution in [2.24, 2.45) is 0 Å². The molecule has 1 saturated heterocycles. The van der Waals surface area contributed by atoms with Crippen molar-refractivity contribution >= 4 is 36.4 Å². The quantitative estimate of drug-likeness (QED) is 0.817. The Labute approximate surface area is 152 Å². The minimum atomic E-state index is 0. The summed E-state index contributed by atoms with van der Waals surface area (Å²) >= 11 is 0. The lowest BCUT2D eigenvalue weighted by molar-refractivity contribution is 0.0930. The molecule has 1 atom stereocenters. The van der Waals surface area contributed by atoms with Gasteiger partial charge in [-0.3, -0.25) is 4.79 Å². The molecule has 132 valence electrons. The van der Waals surface area contributed by atoms with Crippen LogP contribution in [0.25, 0.3) is 0 Å². The lowest BCUT2D eigenvalue weighted by Crippen LogP contribution is -2.45. The van der Waals surface area contributed by atoms with Crippen LogP contribution in [-0.2, 0) is 0 Å². The molecule has 1 aliphatic heterocycles. The lowest BCUT2D eigenvalue weighted by atomic mass is 10.1. The van der Waals surface area contributed by atoms with Gasteiger partial charge in [0.2, 0.25) is 0 Å². The van der Waals surface area contributed by atoms with Gasteiger partial charge in [0.05, 0.1) is 0 Å². The van der Waals surface area contributed by atoms with Crippen molar-refractivity contribution in [1.29, 1.82) is 0 Å². The number of carbonyl (C=O) groups is 1. The molecule has 1 aromatic carbocycles. The first-order chi connectivity index (χ1) is 10.2. The van der Waals surface area contributed by atoms with Gasteiger partial charge in [-0.05, 0) is 57.0 Å². The molecule has 0 bridgehead atoms. The Hall–Kier alpha value is -0.970. The molecule has 0 aromatic heterocycles. The topological polar surface area (TPSA) is 44.4 Å². The highest BCUT2D eigenvalue weighted by molar-refractivity contribution is 5.94. The van der Waals surface area contributed by atoms with Gasteiger partial charge in [-0.2, -0.15) is 0 Å². The van der Waals surface area contributed by atoms with Gasteiger partial charge in [0, 0.05) is 36.9 Å². The van der Waals surface area contributed by atoms with E-state index in [1.54, 1.807) is 0 Å². The minimum absolute atomic E-state index is 0. The molecule has 0 spiro atoms. The fourth-order valence-electron chi connectivity index (χ4n) is 2.81. The summed E-state index contributed by atoms with van der Waals surface area (Å²) in [6.07, 6.45) is 3.33. The van der Waals surface area contributed by atoms with Gasteiger partial charge in [0.1, 0.15) is 0 Å². The summed E-state index contributed by atoms with van der Waals surface area (Å²) in [5, 5.41) is 6.42. The number of hydrogen-bond donors (Lipinski definition) is 2. The molecule has 2 rings (SSSR count). The van der Waals surface area contributed by atoms with Gasteiger partial charge >= 0.3 is 0 Å². The van der Waals surface area contributed by atoms with Crippen molar-refractivity contribution in [1.82, 2.24) is 10.6 Å². The fourth-order valence-corrected chi connectivity index (χ4v) is 2.81. The second-order valence-corrected chi connectivity index (χ2v) is 5.64. The summed E-state index contributed by atoms with van der Waals surface area (Å²) in [4.78, 5) is 14.6.